The van der Waals surface area contributed by atoms with Gasteiger partial charge in [0.2, 0.25) is 0 Å². The second kappa shape index (κ2) is 8.58. The normalized spacial score (nSPS) is 11.4. The zero-order chi connectivity index (χ0) is 10.8. The molecule has 0 spiro atoms. The van der Waals surface area contributed by atoms with Gasteiger partial charge in [0.15, 0.2) is 6.10 Å². The molecule has 0 heterocycles. The van der Waals surface area contributed by atoms with Crippen molar-refractivity contribution in [2.45, 2.75) is 45.6 Å². The smallest absolute Gasteiger partial charge is 0.335 e. The summed E-state index contributed by atoms with van der Waals surface area (Å²) in [7, 11) is 0. The minimum Gasteiger partial charge on any atom is -0.464 e. The molecule has 0 radical (unpaired) electrons. The largest absolute Gasteiger partial charge is 0.464 e. The van der Waals surface area contributed by atoms with Crippen LogP contribution in [-0.4, -0.2) is 23.8 Å². The lowest BCUT2D eigenvalue weighted by atomic mass is 10.2. The Balaban J connectivity index is 3.64. The lowest BCUT2D eigenvalue weighted by molar-refractivity contribution is -0.152. The third-order valence-corrected chi connectivity index (χ3v) is 1.63. The van der Waals surface area contributed by atoms with Gasteiger partial charge in [0.1, 0.15) is 0 Å². The molecule has 3 heteroatoms. The van der Waals surface area contributed by atoms with Gasteiger partial charge in [-0.25, -0.2) is 4.79 Å². The molecule has 0 aromatic carbocycles. The third-order valence-electron chi connectivity index (χ3n) is 1.63. The lowest BCUT2D eigenvalue weighted by Gasteiger charge is -2.04. The average molecular weight is 198 g/mol. The Morgan fingerprint density at radius 3 is 2.71 bits per heavy atom. The zero-order valence-corrected chi connectivity index (χ0v) is 8.88. The Labute approximate surface area is 85.5 Å². The summed E-state index contributed by atoms with van der Waals surface area (Å²) in [6.45, 7) is 4.09. The highest BCUT2D eigenvalue weighted by Crippen LogP contribution is 1.95. The number of hydrogen-bond acceptors (Lipinski definition) is 3. The first kappa shape index (κ1) is 13.0. The van der Waals surface area contributed by atoms with Crippen LogP contribution in [0.15, 0.2) is 0 Å². The maximum absolute atomic E-state index is 10.9. The van der Waals surface area contributed by atoms with E-state index in [-0.39, 0.29) is 6.42 Å². The molecule has 80 valence electrons. The van der Waals surface area contributed by atoms with Crippen molar-refractivity contribution in [1.82, 2.24) is 0 Å². The van der Waals surface area contributed by atoms with E-state index in [0.717, 1.165) is 19.3 Å². The van der Waals surface area contributed by atoms with E-state index in [1.165, 1.54) is 0 Å². The number of hydrogen-bond donors (Lipinski definition) is 1. The van der Waals surface area contributed by atoms with Crippen molar-refractivity contribution in [3.8, 4) is 11.8 Å². The summed E-state index contributed by atoms with van der Waals surface area (Å²) in [5, 5.41) is 9.23. The van der Waals surface area contributed by atoms with Gasteiger partial charge in [-0.3, -0.25) is 0 Å². The molecule has 0 aromatic heterocycles. The lowest BCUT2D eigenvalue weighted by Crippen LogP contribution is -2.22. The number of esters is 1. The Morgan fingerprint density at radius 2 is 2.14 bits per heavy atom. The Kier molecular flexibility index (Phi) is 7.96. The summed E-state index contributed by atoms with van der Waals surface area (Å²) in [5.41, 5.74) is 0. The standard InChI is InChI=1S/C11H18O3/c1-3-5-6-7-8-9-10(12)11(13)14-4-2/h10,12H,3-6,9H2,1-2H3/t10-/m1/s1. The molecule has 0 saturated heterocycles. The minimum absolute atomic E-state index is 0.169. The molecule has 14 heavy (non-hydrogen) atoms. The number of unbranched alkanes of at least 4 members (excludes halogenated alkanes) is 2. The molecular formula is C11H18O3. The second-order valence-electron chi connectivity index (χ2n) is 2.93. The van der Waals surface area contributed by atoms with Gasteiger partial charge in [-0.15, -0.1) is 5.92 Å². The van der Waals surface area contributed by atoms with Crippen LogP contribution in [-0.2, 0) is 9.53 Å². The summed E-state index contributed by atoms with van der Waals surface area (Å²) < 4.78 is 4.63. The van der Waals surface area contributed by atoms with Crippen molar-refractivity contribution >= 4 is 5.97 Å². The number of aliphatic hydroxyl groups is 1. The van der Waals surface area contributed by atoms with Crippen molar-refractivity contribution in [2.75, 3.05) is 6.61 Å². The molecule has 0 saturated carbocycles. The number of rotatable bonds is 5. The first-order valence-corrected chi connectivity index (χ1v) is 5.02. The van der Waals surface area contributed by atoms with Crippen LogP contribution >= 0.6 is 0 Å². The highest BCUT2D eigenvalue weighted by atomic mass is 16.5. The van der Waals surface area contributed by atoms with Crippen molar-refractivity contribution in [3.05, 3.63) is 0 Å². The van der Waals surface area contributed by atoms with Gasteiger partial charge in [0.05, 0.1) is 6.61 Å². The molecule has 0 bridgehead atoms. The van der Waals surface area contributed by atoms with Crippen molar-refractivity contribution in [1.29, 1.82) is 0 Å². The van der Waals surface area contributed by atoms with Gasteiger partial charge in [0.25, 0.3) is 0 Å². The quantitative estimate of drug-likeness (QED) is 0.413. The van der Waals surface area contributed by atoms with Crippen LogP contribution in [0.2, 0.25) is 0 Å². The highest BCUT2D eigenvalue weighted by molar-refractivity contribution is 5.74. The maximum Gasteiger partial charge on any atom is 0.335 e. The monoisotopic (exact) mass is 198 g/mol. The zero-order valence-electron chi connectivity index (χ0n) is 8.88. The van der Waals surface area contributed by atoms with Crippen molar-refractivity contribution < 1.29 is 14.6 Å². The molecule has 0 amide bonds. The van der Waals surface area contributed by atoms with Gasteiger partial charge in [-0.2, -0.15) is 0 Å². The summed E-state index contributed by atoms with van der Waals surface area (Å²) >= 11 is 0. The summed E-state index contributed by atoms with van der Waals surface area (Å²) in [4.78, 5) is 10.9. The summed E-state index contributed by atoms with van der Waals surface area (Å²) in [6, 6.07) is 0. The minimum atomic E-state index is -1.09. The first-order chi connectivity index (χ1) is 6.72. The number of carbonyl (C=O) groups is 1. The molecule has 1 atom stereocenters. The number of ether oxygens (including phenoxy) is 1. The van der Waals surface area contributed by atoms with Crippen LogP contribution < -0.4 is 0 Å². The molecule has 0 fully saturated rings. The number of aliphatic hydroxyl groups excluding tert-OH is 1. The van der Waals surface area contributed by atoms with Crippen LogP contribution in [0.5, 0.6) is 0 Å². The molecule has 0 aromatic rings. The molecule has 0 rings (SSSR count). The van der Waals surface area contributed by atoms with Crippen LogP contribution in [0, 0.1) is 11.8 Å². The number of carbonyl (C=O) groups excluding carboxylic acids is 1. The fourth-order valence-electron chi connectivity index (χ4n) is 0.844. The average Bonchev–Trinajstić information content (AvgIpc) is 2.17. The second-order valence-corrected chi connectivity index (χ2v) is 2.93. The summed E-state index contributed by atoms with van der Waals surface area (Å²) in [5.74, 6) is 5.07. The van der Waals surface area contributed by atoms with E-state index >= 15 is 0 Å². The molecule has 0 aliphatic heterocycles. The molecule has 3 nitrogen and oxygen atoms in total. The first-order valence-electron chi connectivity index (χ1n) is 5.02. The van der Waals surface area contributed by atoms with Crippen LogP contribution in [0.1, 0.15) is 39.5 Å². The Bertz CT molecular complexity index is 212. The molecule has 1 N–H and O–H groups in total. The van der Waals surface area contributed by atoms with E-state index in [0.29, 0.717) is 6.61 Å². The molecular weight excluding hydrogens is 180 g/mol. The van der Waals surface area contributed by atoms with Crippen LogP contribution in [0.25, 0.3) is 0 Å². The molecule has 0 unspecified atom stereocenters. The predicted molar refractivity (Wildman–Crippen MR) is 54.6 cm³/mol. The third kappa shape index (κ3) is 6.50. The maximum atomic E-state index is 10.9. The summed E-state index contributed by atoms with van der Waals surface area (Å²) in [6.07, 6.45) is 2.07. The van der Waals surface area contributed by atoms with E-state index in [4.69, 9.17) is 0 Å². The topological polar surface area (TPSA) is 46.5 Å². The Morgan fingerprint density at radius 1 is 1.43 bits per heavy atom. The van der Waals surface area contributed by atoms with Crippen LogP contribution in [0.4, 0.5) is 0 Å². The Hall–Kier alpha value is -1.01. The van der Waals surface area contributed by atoms with Crippen molar-refractivity contribution in [3.63, 3.8) is 0 Å². The van der Waals surface area contributed by atoms with Crippen molar-refractivity contribution in [2.24, 2.45) is 0 Å². The fraction of sp³-hybridized carbons (Fsp3) is 0.727. The van der Waals surface area contributed by atoms with E-state index in [9.17, 15) is 9.90 Å². The predicted octanol–water partition coefficient (Wildman–Crippen LogP) is 1.49. The van der Waals surface area contributed by atoms with E-state index in [1.807, 2.05) is 0 Å². The van der Waals surface area contributed by atoms with E-state index < -0.39 is 12.1 Å². The highest BCUT2D eigenvalue weighted by Gasteiger charge is 2.13. The van der Waals surface area contributed by atoms with E-state index in [2.05, 4.69) is 23.5 Å². The van der Waals surface area contributed by atoms with Gasteiger partial charge in [-0.1, -0.05) is 19.3 Å². The van der Waals surface area contributed by atoms with E-state index in [1.54, 1.807) is 6.92 Å². The fourth-order valence-corrected chi connectivity index (χ4v) is 0.844. The molecule has 0 aliphatic rings. The van der Waals surface area contributed by atoms with Gasteiger partial charge in [-0.05, 0) is 13.3 Å². The van der Waals surface area contributed by atoms with Gasteiger partial charge >= 0.3 is 5.97 Å². The van der Waals surface area contributed by atoms with Gasteiger partial charge in [0, 0.05) is 12.8 Å². The van der Waals surface area contributed by atoms with Crippen LogP contribution in [0.3, 0.4) is 0 Å². The SMILES string of the molecule is CCCCC#CC[C@@H](O)C(=O)OCC. The molecule has 0 aliphatic carbocycles. The van der Waals surface area contributed by atoms with Gasteiger partial charge < -0.3 is 9.84 Å².